The lowest BCUT2D eigenvalue weighted by molar-refractivity contribution is -0.133. The molecule has 2 amide bonds. The Kier molecular flexibility index (Phi) is 7.78. The highest BCUT2D eigenvalue weighted by Gasteiger charge is 2.24. The Bertz CT molecular complexity index is 1170. The first-order valence-corrected chi connectivity index (χ1v) is 11.8. The number of nitrogens with zero attached hydrogens (tertiary/aromatic N) is 2. The maximum Gasteiger partial charge on any atom is 0.254 e. The molecule has 34 heavy (non-hydrogen) atoms. The molecule has 174 valence electrons. The van der Waals surface area contributed by atoms with Gasteiger partial charge in [-0.15, -0.1) is 11.3 Å². The van der Waals surface area contributed by atoms with Crippen LogP contribution in [-0.2, 0) is 24.4 Å². The highest BCUT2D eigenvalue weighted by atomic mass is 32.1. The van der Waals surface area contributed by atoms with Crippen LogP contribution in [0.15, 0.2) is 94.9 Å². The maximum absolute atomic E-state index is 13.5. The predicted octanol–water partition coefficient (Wildman–Crippen LogP) is 5.22. The molecule has 7 heteroatoms. The summed E-state index contributed by atoms with van der Waals surface area (Å²) in [5.41, 5.74) is 1.51. The van der Waals surface area contributed by atoms with Crippen molar-refractivity contribution in [3.05, 3.63) is 112 Å². The molecule has 0 unspecified atom stereocenters. The molecule has 0 saturated heterocycles. The molecule has 0 aliphatic heterocycles. The van der Waals surface area contributed by atoms with Crippen LogP contribution in [0.3, 0.4) is 0 Å². The first kappa shape index (κ1) is 23.3. The van der Waals surface area contributed by atoms with Crippen LogP contribution >= 0.6 is 11.3 Å². The van der Waals surface area contributed by atoms with Gasteiger partial charge >= 0.3 is 0 Å². The molecule has 0 aliphatic rings. The molecule has 2 aromatic heterocycles. The van der Waals surface area contributed by atoms with Gasteiger partial charge in [0.25, 0.3) is 5.91 Å². The third kappa shape index (κ3) is 6.14. The molecule has 2 heterocycles. The number of thiophene rings is 1. The molecule has 0 saturated carbocycles. The van der Waals surface area contributed by atoms with Crippen molar-refractivity contribution in [2.45, 2.75) is 19.6 Å². The summed E-state index contributed by atoms with van der Waals surface area (Å²) < 4.78 is 10.7. The second kappa shape index (κ2) is 11.3. The maximum atomic E-state index is 13.5. The summed E-state index contributed by atoms with van der Waals surface area (Å²) in [6.45, 7) is 1.07. The van der Waals surface area contributed by atoms with Gasteiger partial charge < -0.3 is 19.0 Å². The number of benzene rings is 2. The van der Waals surface area contributed by atoms with Crippen molar-refractivity contribution < 1.29 is 18.7 Å². The Morgan fingerprint density at radius 3 is 2.29 bits per heavy atom. The number of ether oxygens (including phenoxy) is 1. The second-order valence-corrected chi connectivity index (χ2v) is 8.82. The largest absolute Gasteiger partial charge is 0.497 e. The Labute approximate surface area is 203 Å². The summed E-state index contributed by atoms with van der Waals surface area (Å²) in [7, 11) is 1.58. The van der Waals surface area contributed by atoms with Crippen LogP contribution < -0.4 is 4.74 Å². The van der Waals surface area contributed by atoms with E-state index in [0.717, 1.165) is 10.4 Å². The van der Waals surface area contributed by atoms with Gasteiger partial charge in [-0.1, -0.05) is 36.4 Å². The van der Waals surface area contributed by atoms with E-state index in [4.69, 9.17) is 9.15 Å². The van der Waals surface area contributed by atoms with Crippen LogP contribution in [0, 0.1) is 0 Å². The molecule has 0 N–H and O–H groups in total. The molecular weight excluding hydrogens is 448 g/mol. The summed E-state index contributed by atoms with van der Waals surface area (Å²) in [6, 6.07) is 24.3. The minimum Gasteiger partial charge on any atom is -0.497 e. The number of furan rings is 1. The van der Waals surface area contributed by atoms with Gasteiger partial charge in [0, 0.05) is 17.0 Å². The minimum absolute atomic E-state index is 0.0657. The standard InChI is InChI=1S/C27H26N2O4S/c1-32-23-13-11-22(12-14-23)27(31)29(18-24-9-5-15-33-24)20-26(30)28(19-25-10-6-16-34-25)17-21-7-3-2-4-8-21/h2-16H,17-20H2,1H3. The molecular formula is C27H26N2O4S. The van der Waals surface area contributed by atoms with E-state index in [0.29, 0.717) is 30.2 Å². The normalized spacial score (nSPS) is 10.6. The Morgan fingerprint density at radius 2 is 1.65 bits per heavy atom. The molecule has 6 nitrogen and oxygen atoms in total. The highest BCUT2D eigenvalue weighted by Crippen LogP contribution is 2.18. The quantitative estimate of drug-likeness (QED) is 0.316. The third-order valence-corrected chi connectivity index (χ3v) is 6.23. The first-order valence-electron chi connectivity index (χ1n) is 10.9. The Hall–Kier alpha value is -3.84. The zero-order valence-corrected chi connectivity index (χ0v) is 19.7. The summed E-state index contributed by atoms with van der Waals surface area (Å²) >= 11 is 1.61. The van der Waals surface area contributed by atoms with Crippen molar-refractivity contribution in [3.8, 4) is 5.75 Å². The smallest absolute Gasteiger partial charge is 0.254 e. The van der Waals surface area contributed by atoms with Crippen LogP contribution in [0.1, 0.15) is 26.6 Å². The van der Waals surface area contributed by atoms with Crippen molar-refractivity contribution in [2.24, 2.45) is 0 Å². The molecule has 0 spiro atoms. The van der Waals surface area contributed by atoms with Crippen LogP contribution in [0.4, 0.5) is 0 Å². The van der Waals surface area contributed by atoms with E-state index in [-0.39, 0.29) is 24.9 Å². The molecule has 4 rings (SSSR count). The highest BCUT2D eigenvalue weighted by molar-refractivity contribution is 7.09. The molecule has 0 atom stereocenters. The zero-order valence-electron chi connectivity index (χ0n) is 18.9. The van der Waals surface area contributed by atoms with Crippen molar-refractivity contribution >= 4 is 23.2 Å². The number of methoxy groups -OCH3 is 1. The fourth-order valence-electron chi connectivity index (χ4n) is 3.60. The van der Waals surface area contributed by atoms with Gasteiger partial charge in [0.1, 0.15) is 18.1 Å². The number of carbonyl (C=O) groups is 2. The van der Waals surface area contributed by atoms with Crippen molar-refractivity contribution in [1.29, 1.82) is 0 Å². The van der Waals surface area contributed by atoms with Gasteiger partial charge in [-0.2, -0.15) is 0 Å². The molecule has 0 aliphatic carbocycles. The number of amides is 2. The third-order valence-electron chi connectivity index (χ3n) is 5.37. The lowest BCUT2D eigenvalue weighted by atomic mass is 10.1. The summed E-state index contributed by atoms with van der Waals surface area (Å²) in [5.74, 6) is 0.895. The lowest BCUT2D eigenvalue weighted by Crippen LogP contribution is -2.42. The van der Waals surface area contributed by atoms with Gasteiger partial charge in [0.2, 0.25) is 5.91 Å². The van der Waals surface area contributed by atoms with E-state index in [1.54, 1.807) is 66.0 Å². The average molecular weight is 475 g/mol. The van der Waals surface area contributed by atoms with E-state index in [2.05, 4.69) is 0 Å². The predicted molar refractivity (Wildman–Crippen MR) is 131 cm³/mol. The van der Waals surface area contributed by atoms with E-state index in [9.17, 15) is 9.59 Å². The zero-order chi connectivity index (χ0) is 23.8. The molecule has 2 aromatic carbocycles. The van der Waals surface area contributed by atoms with Gasteiger partial charge in [-0.25, -0.2) is 0 Å². The van der Waals surface area contributed by atoms with Crippen LogP contribution in [-0.4, -0.2) is 35.3 Å². The van der Waals surface area contributed by atoms with E-state index in [1.165, 1.54) is 4.90 Å². The van der Waals surface area contributed by atoms with Crippen LogP contribution in [0.5, 0.6) is 5.75 Å². The number of carbonyl (C=O) groups excluding carboxylic acids is 2. The fourth-order valence-corrected chi connectivity index (χ4v) is 4.32. The lowest BCUT2D eigenvalue weighted by Gasteiger charge is -2.27. The summed E-state index contributed by atoms with van der Waals surface area (Å²) in [5, 5.41) is 2.00. The number of hydrogen-bond donors (Lipinski definition) is 0. The van der Waals surface area contributed by atoms with Crippen molar-refractivity contribution in [3.63, 3.8) is 0 Å². The monoisotopic (exact) mass is 474 g/mol. The topological polar surface area (TPSA) is 63.0 Å². The van der Waals surface area contributed by atoms with Crippen LogP contribution in [0.25, 0.3) is 0 Å². The fraction of sp³-hybridized carbons (Fsp3) is 0.185. The van der Waals surface area contributed by atoms with Gasteiger partial charge in [0.15, 0.2) is 0 Å². The van der Waals surface area contributed by atoms with Crippen molar-refractivity contribution in [1.82, 2.24) is 9.80 Å². The average Bonchev–Trinajstić information content (AvgIpc) is 3.58. The SMILES string of the molecule is COc1ccc(C(=O)N(CC(=O)N(Cc2ccccc2)Cc2cccs2)Cc2ccco2)cc1. The van der Waals surface area contributed by atoms with E-state index in [1.807, 2.05) is 47.8 Å². The Morgan fingerprint density at radius 1 is 0.853 bits per heavy atom. The molecule has 0 bridgehead atoms. The Balaban J connectivity index is 1.56. The van der Waals surface area contributed by atoms with Gasteiger partial charge in [-0.05, 0) is 53.4 Å². The summed E-state index contributed by atoms with van der Waals surface area (Å²) in [4.78, 5) is 31.3. The number of rotatable bonds is 10. The number of hydrogen-bond acceptors (Lipinski definition) is 5. The summed E-state index contributed by atoms with van der Waals surface area (Å²) in [6.07, 6.45) is 1.56. The van der Waals surface area contributed by atoms with E-state index < -0.39 is 0 Å². The molecule has 4 aromatic rings. The second-order valence-electron chi connectivity index (χ2n) is 7.78. The van der Waals surface area contributed by atoms with Gasteiger partial charge in [-0.3, -0.25) is 9.59 Å². The van der Waals surface area contributed by atoms with E-state index >= 15 is 0 Å². The first-order chi connectivity index (χ1) is 16.6. The molecule has 0 fully saturated rings. The van der Waals surface area contributed by atoms with Crippen molar-refractivity contribution in [2.75, 3.05) is 13.7 Å². The van der Waals surface area contributed by atoms with Gasteiger partial charge in [0.05, 0.1) is 26.5 Å². The minimum atomic E-state index is -0.247. The molecule has 0 radical (unpaired) electrons. The van der Waals surface area contributed by atoms with Crippen LogP contribution in [0.2, 0.25) is 0 Å².